The third-order valence-electron chi connectivity index (χ3n) is 2.74. The van der Waals surface area contributed by atoms with Gasteiger partial charge in [-0.1, -0.05) is 29.8 Å². The molecule has 2 aromatic heterocycles. The summed E-state index contributed by atoms with van der Waals surface area (Å²) in [5.41, 5.74) is 1.26. The molecule has 18 heavy (non-hydrogen) atoms. The van der Waals surface area contributed by atoms with Gasteiger partial charge in [0, 0.05) is 11.6 Å². The summed E-state index contributed by atoms with van der Waals surface area (Å²) >= 11 is 5.76. The van der Waals surface area contributed by atoms with Gasteiger partial charge in [0.05, 0.1) is 10.7 Å². The maximum absolute atomic E-state index is 10.2. The van der Waals surface area contributed by atoms with Crippen LogP contribution in [0.4, 0.5) is 0 Å². The third kappa shape index (κ3) is 1.98. The van der Waals surface area contributed by atoms with Gasteiger partial charge in [-0.3, -0.25) is 4.98 Å². The Labute approximate surface area is 109 Å². The van der Waals surface area contributed by atoms with E-state index < -0.39 is 6.10 Å². The van der Waals surface area contributed by atoms with Crippen molar-refractivity contribution in [2.75, 3.05) is 0 Å². The van der Waals surface area contributed by atoms with Crippen LogP contribution < -0.4 is 0 Å². The standard InChI is InChI=1S/C14H10ClNO2/c15-10-5-6-11(16-8-10)14(17)13-7-9-3-1-2-4-12(9)18-13/h1-8,14,17H. The lowest BCUT2D eigenvalue weighted by molar-refractivity contribution is 0.187. The zero-order chi connectivity index (χ0) is 12.5. The van der Waals surface area contributed by atoms with E-state index in [9.17, 15) is 5.11 Å². The molecule has 2 heterocycles. The molecule has 0 aliphatic carbocycles. The Morgan fingerprint density at radius 3 is 2.72 bits per heavy atom. The van der Waals surface area contributed by atoms with Gasteiger partial charge in [-0.2, -0.15) is 0 Å². The normalized spacial score (nSPS) is 12.8. The lowest BCUT2D eigenvalue weighted by Gasteiger charge is -2.06. The monoisotopic (exact) mass is 259 g/mol. The van der Waals surface area contributed by atoms with Gasteiger partial charge >= 0.3 is 0 Å². The van der Waals surface area contributed by atoms with Crippen LogP contribution in [0.25, 0.3) is 11.0 Å². The van der Waals surface area contributed by atoms with Crippen LogP contribution in [0.2, 0.25) is 5.02 Å². The highest BCUT2D eigenvalue weighted by atomic mass is 35.5. The molecule has 1 unspecified atom stereocenters. The van der Waals surface area contributed by atoms with E-state index in [4.69, 9.17) is 16.0 Å². The molecular formula is C14H10ClNO2. The first-order valence-corrected chi connectivity index (χ1v) is 5.90. The second-order valence-corrected chi connectivity index (χ2v) is 4.43. The van der Waals surface area contributed by atoms with E-state index in [0.29, 0.717) is 16.5 Å². The number of halogens is 1. The molecule has 3 nitrogen and oxygen atoms in total. The molecule has 3 rings (SSSR count). The Kier molecular flexibility index (Phi) is 2.78. The van der Waals surface area contributed by atoms with Crippen molar-refractivity contribution in [2.24, 2.45) is 0 Å². The number of aromatic nitrogens is 1. The second kappa shape index (κ2) is 4.44. The van der Waals surface area contributed by atoms with Crippen molar-refractivity contribution in [3.05, 3.63) is 65.1 Å². The average Bonchev–Trinajstić information content (AvgIpc) is 2.82. The highest BCUT2D eigenvalue weighted by Gasteiger charge is 2.16. The van der Waals surface area contributed by atoms with Crippen LogP contribution in [-0.2, 0) is 0 Å². The van der Waals surface area contributed by atoms with Gasteiger partial charge in [-0.15, -0.1) is 0 Å². The number of rotatable bonds is 2. The fraction of sp³-hybridized carbons (Fsp3) is 0.0714. The molecular weight excluding hydrogens is 250 g/mol. The van der Waals surface area contributed by atoms with Crippen LogP contribution in [0.1, 0.15) is 17.6 Å². The third-order valence-corrected chi connectivity index (χ3v) is 2.97. The van der Waals surface area contributed by atoms with Crippen molar-refractivity contribution in [3.8, 4) is 0 Å². The Morgan fingerprint density at radius 1 is 1.17 bits per heavy atom. The number of para-hydroxylation sites is 1. The average molecular weight is 260 g/mol. The van der Waals surface area contributed by atoms with E-state index in [1.807, 2.05) is 30.3 Å². The Bertz CT molecular complexity index is 643. The number of benzene rings is 1. The van der Waals surface area contributed by atoms with E-state index in [2.05, 4.69) is 4.98 Å². The number of aliphatic hydroxyl groups excluding tert-OH is 1. The molecule has 0 fully saturated rings. The fourth-order valence-electron chi connectivity index (χ4n) is 1.83. The zero-order valence-electron chi connectivity index (χ0n) is 9.38. The molecule has 1 N–H and O–H groups in total. The lowest BCUT2D eigenvalue weighted by atomic mass is 10.1. The highest BCUT2D eigenvalue weighted by Crippen LogP contribution is 2.27. The Balaban J connectivity index is 2.00. The molecule has 0 saturated heterocycles. The number of hydrogen-bond donors (Lipinski definition) is 1. The van der Waals surface area contributed by atoms with Gasteiger partial charge in [0.2, 0.25) is 0 Å². The van der Waals surface area contributed by atoms with Crippen LogP contribution in [0.3, 0.4) is 0 Å². The summed E-state index contributed by atoms with van der Waals surface area (Å²) in [6.45, 7) is 0. The Hall–Kier alpha value is -1.84. The van der Waals surface area contributed by atoms with Gasteiger partial charge in [-0.25, -0.2) is 0 Å². The van der Waals surface area contributed by atoms with Crippen molar-refractivity contribution >= 4 is 22.6 Å². The number of nitrogens with zero attached hydrogens (tertiary/aromatic N) is 1. The first kappa shape index (κ1) is 11.3. The second-order valence-electron chi connectivity index (χ2n) is 3.99. The minimum atomic E-state index is -0.880. The van der Waals surface area contributed by atoms with Crippen LogP contribution >= 0.6 is 11.6 Å². The van der Waals surface area contributed by atoms with Gasteiger partial charge in [0.1, 0.15) is 11.3 Å². The van der Waals surface area contributed by atoms with Gasteiger partial charge in [-0.05, 0) is 24.3 Å². The summed E-state index contributed by atoms with van der Waals surface area (Å²) in [5.74, 6) is 0.478. The van der Waals surface area contributed by atoms with E-state index >= 15 is 0 Å². The molecule has 1 aromatic carbocycles. The number of furan rings is 1. The lowest BCUT2D eigenvalue weighted by Crippen LogP contribution is -2.00. The summed E-state index contributed by atoms with van der Waals surface area (Å²) in [4.78, 5) is 4.08. The molecule has 0 spiro atoms. The molecule has 1 atom stereocenters. The fourth-order valence-corrected chi connectivity index (χ4v) is 1.94. The van der Waals surface area contributed by atoms with Crippen molar-refractivity contribution in [3.63, 3.8) is 0 Å². The van der Waals surface area contributed by atoms with Gasteiger partial charge < -0.3 is 9.52 Å². The predicted molar refractivity (Wildman–Crippen MR) is 69.5 cm³/mol. The van der Waals surface area contributed by atoms with Crippen molar-refractivity contribution in [1.29, 1.82) is 0 Å². The number of fused-ring (bicyclic) bond motifs is 1. The molecule has 0 aliphatic rings. The summed E-state index contributed by atoms with van der Waals surface area (Å²) in [6, 6.07) is 12.8. The minimum Gasteiger partial charge on any atom is -0.458 e. The van der Waals surface area contributed by atoms with E-state index in [-0.39, 0.29) is 0 Å². The minimum absolute atomic E-state index is 0.478. The van der Waals surface area contributed by atoms with E-state index in [1.165, 1.54) is 6.20 Å². The van der Waals surface area contributed by atoms with E-state index in [1.54, 1.807) is 12.1 Å². The van der Waals surface area contributed by atoms with Crippen LogP contribution in [0.5, 0.6) is 0 Å². The SMILES string of the molecule is OC(c1ccc(Cl)cn1)c1cc2ccccc2o1. The first-order valence-electron chi connectivity index (χ1n) is 5.52. The largest absolute Gasteiger partial charge is 0.458 e. The maximum Gasteiger partial charge on any atom is 0.153 e. The number of aliphatic hydroxyl groups is 1. The molecule has 90 valence electrons. The molecule has 0 saturated carbocycles. The Morgan fingerprint density at radius 2 is 2.00 bits per heavy atom. The number of pyridine rings is 1. The summed E-state index contributed by atoms with van der Waals surface area (Å²) < 4.78 is 5.59. The maximum atomic E-state index is 10.2. The zero-order valence-corrected chi connectivity index (χ0v) is 10.1. The molecule has 0 amide bonds. The van der Waals surface area contributed by atoms with Crippen molar-refractivity contribution < 1.29 is 9.52 Å². The van der Waals surface area contributed by atoms with Gasteiger partial charge in [0.15, 0.2) is 6.10 Å². The molecule has 0 aliphatic heterocycles. The van der Waals surface area contributed by atoms with Crippen molar-refractivity contribution in [2.45, 2.75) is 6.10 Å². The molecule has 0 radical (unpaired) electrons. The summed E-state index contributed by atoms with van der Waals surface area (Å²) in [7, 11) is 0. The topological polar surface area (TPSA) is 46.3 Å². The molecule has 4 heteroatoms. The number of hydrogen-bond acceptors (Lipinski definition) is 3. The quantitative estimate of drug-likeness (QED) is 0.765. The van der Waals surface area contributed by atoms with Crippen LogP contribution in [-0.4, -0.2) is 10.1 Å². The predicted octanol–water partition coefficient (Wildman–Crippen LogP) is 3.56. The first-order chi connectivity index (χ1) is 8.74. The molecule has 3 aromatic rings. The highest BCUT2D eigenvalue weighted by molar-refractivity contribution is 6.30. The smallest absolute Gasteiger partial charge is 0.153 e. The van der Waals surface area contributed by atoms with Crippen LogP contribution in [0, 0.1) is 0 Å². The van der Waals surface area contributed by atoms with Crippen molar-refractivity contribution in [1.82, 2.24) is 4.98 Å². The van der Waals surface area contributed by atoms with Crippen LogP contribution in [0.15, 0.2) is 53.1 Å². The summed E-state index contributed by atoms with van der Waals surface area (Å²) in [6.07, 6.45) is 0.623. The van der Waals surface area contributed by atoms with Gasteiger partial charge in [0.25, 0.3) is 0 Å². The summed E-state index contributed by atoms with van der Waals surface area (Å²) in [5, 5.41) is 11.7. The molecule has 0 bridgehead atoms. The van der Waals surface area contributed by atoms with E-state index in [0.717, 1.165) is 11.0 Å².